The van der Waals surface area contributed by atoms with Crippen molar-refractivity contribution in [3.8, 4) is 11.3 Å². The molecule has 0 aliphatic heterocycles. The molecule has 1 aromatic heterocycles. The number of nitrogens with one attached hydrogen (secondary N) is 2. The van der Waals surface area contributed by atoms with Crippen molar-refractivity contribution in [3.63, 3.8) is 0 Å². The number of carbonyl (C=O) groups excluding carboxylic acids is 2. The van der Waals surface area contributed by atoms with Crippen LogP contribution in [-0.2, 0) is 22.4 Å². The van der Waals surface area contributed by atoms with Crippen molar-refractivity contribution in [2.45, 2.75) is 33.1 Å². The number of benzene rings is 2. The number of thiazole rings is 1. The van der Waals surface area contributed by atoms with Gasteiger partial charge in [-0.25, -0.2) is 4.98 Å². The Kier molecular flexibility index (Phi) is 6.55. The third-order valence-electron chi connectivity index (χ3n) is 4.32. The number of aryl methyl sites for hydroxylation is 2. The quantitative estimate of drug-likeness (QED) is 0.600. The number of anilines is 2. The zero-order chi connectivity index (χ0) is 19.9. The molecule has 0 atom stereocenters. The van der Waals surface area contributed by atoms with Crippen LogP contribution in [0.3, 0.4) is 0 Å². The van der Waals surface area contributed by atoms with E-state index in [1.165, 1.54) is 23.8 Å². The fourth-order valence-corrected chi connectivity index (χ4v) is 3.51. The standard InChI is InChI=1S/C22H23N3O2S/c1-3-16-4-6-17(7-5-16)8-13-21(27)25-22-24-20(14-28-22)18-9-11-19(12-10-18)23-15(2)26/h4-7,9-12,14H,3,8,13H2,1-2H3,(H,23,26)(H,24,25,27). The van der Waals surface area contributed by atoms with Crippen LogP contribution in [0, 0.1) is 0 Å². The second-order valence-electron chi connectivity index (χ2n) is 6.51. The highest BCUT2D eigenvalue weighted by Gasteiger charge is 2.09. The molecule has 2 amide bonds. The zero-order valence-corrected chi connectivity index (χ0v) is 16.8. The topological polar surface area (TPSA) is 71.1 Å². The van der Waals surface area contributed by atoms with Crippen LogP contribution < -0.4 is 10.6 Å². The van der Waals surface area contributed by atoms with Crippen LogP contribution in [-0.4, -0.2) is 16.8 Å². The lowest BCUT2D eigenvalue weighted by Gasteiger charge is -2.04. The maximum absolute atomic E-state index is 12.2. The Labute approximate surface area is 168 Å². The highest BCUT2D eigenvalue weighted by atomic mass is 32.1. The summed E-state index contributed by atoms with van der Waals surface area (Å²) >= 11 is 1.40. The average Bonchev–Trinajstić information content (AvgIpc) is 3.15. The van der Waals surface area contributed by atoms with E-state index in [1.54, 1.807) is 0 Å². The number of hydrogen-bond donors (Lipinski definition) is 2. The van der Waals surface area contributed by atoms with Crippen molar-refractivity contribution in [1.29, 1.82) is 0 Å². The Balaban J connectivity index is 1.54. The molecule has 3 rings (SSSR count). The van der Waals surface area contributed by atoms with E-state index in [4.69, 9.17) is 0 Å². The summed E-state index contributed by atoms with van der Waals surface area (Å²) in [5, 5.41) is 8.11. The van der Waals surface area contributed by atoms with Crippen molar-refractivity contribution < 1.29 is 9.59 Å². The van der Waals surface area contributed by atoms with Crippen LogP contribution in [0.2, 0.25) is 0 Å². The van der Waals surface area contributed by atoms with Crippen molar-refractivity contribution in [1.82, 2.24) is 4.98 Å². The summed E-state index contributed by atoms with van der Waals surface area (Å²) in [6.45, 7) is 3.60. The summed E-state index contributed by atoms with van der Waals surface area (Å²) < 4.78 is 0. The first-order valence-corrected chi connectivity index (χ1v) is 10.1. The monoisotopic (exact) mass is 393 g/mol. The van der Waals surface area contributed by atoms with E-state index in [9.17, 15) is 9.59 Å². The Morgan fingerprint density at radius 2 is 1.64 bits per heavy atom. The molecule has 0 unspecified atom stereocenters. The Morgan fingerprint density at radius 1 is 0.964 bits per heavy atom. The van der Waals surface area contributed by atoms with Gasteiger partial charge in [0.25, 0.3) is 0 Å². The summed E-state index contributed by atoms with van der Waals surface area (Å²) in [5.41, 5.74) is 4.93. The maximum Gasteiger partial charge on any atom is 0.226 e. The Morgan fingerprint density at radius 3 is 2.29 bits per heavy atom. The van der Waals surface area contributed by atoms with E-state index in [0.29, 0.717) is 18.0 Å². The first-order valence-electron chi connectivity index (χ1n) is 9.24. The van der Waals surface area contributed by atoms with Crippen molar-refractivity contribution >= 4 is 34.0 Å². The smallest absolute Gasteiger partial charge is 0.226 e. The third-order valence-corrected chi connectivity index (χ3v) is 5.08. The molecule has 0 saturated heterocycles. The molecular weight excluding hydrogens is 370 g/mol. The molecule has 0 bridgehead atoms. The van der Waals surface area contributed by atoms with Crippen LogP contribution in [0.15, 0.2) is 53.9 Å². The molecule has 6 heteroatoms. The fourth-order valence-electron chi connectivity index (χ4n) is 2.77. The van der Waals surface area contributed by atoms with Crippen LogP contribution in [0.5, 0.6) is 0 Å². The Hall–Kier alpha value is -2.99. The molecule has 144 valence electrons. The van der Waals surface area contributed by atoms with E-state index in [2.05, 4.69) is 46.8 Å². The summed E-state index contributed by atoms with van der Waals surface area (Å²) in [6.07, 6.45) is 2.15. The SMILES string of the molecule is CCc1ccc(CCC(=O)Nc2nc(-c3ccc(NC(C)=O)cc3)cs2)cc1. The molecule has 3 aromatic rings. The van der Waals surface area contributed by atoms with Gasteiger partial charge in [0, 0.05) is 30.0 Å². The van der Waals surface area contributed by atoms with Gasteiger partial charge in [0.1, 0.15) is 0 Å². The zero-order valence-electron chi connectivity index (χ0n) is 16.0. The molecule has 2 N–H and O–H groups in total. The summed E-state index contributed by atoms with van der Waals surface area (Å²) in [7, 11) is 0. The minimum absolute atomic E-state index is 0.0403. The summed E-state index contributed by atoms with van der Waals surface area (Å²) in [6, 6.07) is 15.8. The van der Waals surface area contributed by atoms with Gasteiger partial charge in [0.2, 0.25) is 11.8 Å². The maximum atomic E-state index is 12.2. The summed E-state index contributed by atoms with van der Waals surface area (Å²) in [5.74, 6) is -0.144. The van der Waals surface area contributed by atoms with Gasteiger partial charge >= 0.3 is 0 Å². The molecule has 0 spiro atoms. The van der Waals surface area contributed by atoms with Crippen molar-refractivity contribution in [3.05, 3.63) is 65.0 Å². The molecule has 5 nitrogen and oxygen atoms in total. The number of carbonyl (C=O) groups is 2. The van der Waals surface area contributed by atoms with Crippen LogP contribution >= 0.6 is 11.3 Å². The second kappa shape index (κ2) is 9.28. The molecule has 0 radical (unpaired) electrons. The second-order valence-corrected chi connectivity index (χ2v) is 7.37. The van der Waals surface area contributed by atoms with Gasteiger partial charge in [-0.3, -0.25) is 9.59 Å². The number of hydrogen-bond acceptors (Lipinski definition) is 4. The van der Waals surface area contributed by atoms with Gasteiger partial charge in [0.05, 0.1) is 5.69 Å². The van der Waals surface area contributed by atoms with Gasteiger partial charge in [-0.1, -0.05) is 43.3 Å². The van der Waals surface area contributed by atoms with Crippen molar-refractivity contribution in [2.24, 2.45) is 0 Å². The lowest BCUT2D eigenvalue weighted by Crippen LogP contribution is -2.12. The number of nitrogens with zero attached hydrogens (tertiary/aromatic N) is 1. The molecule has 28 heavy (non-hydrogen) atoms. The largest absolute Gasteiger partial charge is 0.326 e. The summed E-state index contributed by atoms with van der Waals surface area (Å²) in [4.78, 5) is 27.8. The van der Waals surface area contributed by atoms with Crippen LogP contribution in [0.4, 0.5) is 10.8 Å². The predicted molar refractivity (Wildman–Crippen MR) is 115 cm³/mol. The van der Waals surface area contributed by atoms with Gasteiger partial charge in [-0.15, -0.1) is 11.3 Å². The molecule has 1 heterocycles. The fraction of sp³-hybridized carbons (Fsp3) is 0.227. The van der Waals surface area contributed by atoms with Gasteiger partial charge < -0.3 is 10.6 Å². The molecule has 0 fully saturated rings. The van der Waals surface area contributed by atoms with Gasteiger partial charge in [-0.05, 0) is 36.1 Å². The predicted octanol–water partition coefficient (Wildman–Crippen LogP) is 4.90. The molecule has 2 aromatic carbocycles. The molecule has 0 aliphatic carbocycles. The van der Waals surface area contributed by atoms with E-state index in [-0.39, 0.29) is 11.8 Å². The van der Waals surface area contributed by atoms with E-state index >= 15 is 0 Å². The van der Waals surface area contributed by atoms with Crippen LogP contribution in [0.1, 0.15) is 31.4 Å². The first-order chi connectivity index (χ1) is 13.5. The highest BCUT2D eigenvalue weighted by molar-refractivity contribution is 7.14. The van der Waals surface area contributed by atoms with E-state index in [1.807, 2.05) is 29.6 Å². The van der Waals surface area contributed by atoms with Crippen LogP contribution in [0.25, 0.3) is 11.3 Å². The third kappa shape index (κ3) is 5.50. The number of aromatic nitrogens is 1. The van der Waals surface area contributed by atoms with E-state index < -0.39 is 0 Å². The normalized spacial score (nSPS) is 10.5. The lowest BCUT2D eigenvalue weighted by atomic mass is 10.1. The minimum atomic E-state index is -0.104. The van der Waals surface area contributed by atoms with Gasteiger partial charge in [-0.2, -0.15) is 0 Å². The average molecular weight is 394 g/mol. The van der Waals surface area contributed by atoms with Crippen molar-refractivity contribution in [2.75, 3.05) is 10.6 Å². The minimum Gasteiger partial charge on any atom is -0.326 e. The lowest BCUT2D eigenvalue weighted by molar-refractivity contribution is -0.116. The highest BCUT2D eigenvalue weighted by Crippen LogP contribution is 2.26. The molecule has 0 aliphatic rings. The first kappa shape index (κ1) is 19.8. The molecular formula is C22H23N3O2S. The van der Waals surface area contributed by atoms with Gasteiger partial charge in [0.15, 0.2) is 5.13 Å². The molecule has 0 saturated carbocycles. The Bertz CT molecular complexity index is 947. The number of amides is 2. The number of rotatable bonds is 7. The van der Waals surface area contributed by atoms with E-state index in [0.717, 1.165) is 28.9 Å².